The summed E-state index contributed by atoms with van der Waals surface area (Å²) in [6.07, 6.45) is 3.05. The number of hydrogen-bond donors (Lipinski definition) is 1. The topological polar surface area (TPSA) is 63.2 Å². The monoisotopic (exact) mass is 379 g/mol. The van der Waals surface area contributed by atoms with Crippen LogP contribution in [0.2, 0.25) is 0 Å². The highest BCUT2D eigenvalue weighted by molar-refractivity contribution is 9.10. The first-order chi connectivity index (χ1) is 9.29. The van der Waals surface area contributed by atoms with Crippen molar-refractivity contribution in [1.82, 2.24) is 0 Å². The second kappa shape index (κ2) is 6.03. The molecule has 0 spiro atoms. The summed E-state index contributed by atoms with van der Waals surface area (Å²) in [7, 11) is 1.51. The van der Waals surface area contributed by atoms with E-state index in [9.17, 15) is 13.2 Å². The van der Waals surface area contributed by atoms with Crippen LogP contribution in [0.5, 0.6) is 0 Å². The Hall–Kier alpha value is -0.590. The molecule has 0 radical (unpaired) electrons. The van der Waals surface area contributed by atoms with Crippen molar-refractivity contribution in [3.63, 3.8) is 0 Å². The molecule has 1 aliphatic carbocycles. The molecule has 2 atom stereocenters. The minimum absolute atomic E-state index is 0.00160. The maximum atomic E-state index is 12.2. The molecule has 0 aromatic heterocycles. The predicted molar refractivity (Wildman–Crippen MR) is 82.3 cm³/mol. The van der Waals surface area contributed by atoms with E-state index in [1.54, 1.807) is 0 Å². The fourth-order valence-corrected chi connectivity index (χ4v) is 3.92. The predicted octanol–water partition coefficient (Wildman–Crippen LogP) is 3.75. The van der Waals surface area contributed by atoms with E-state index in [0.29, 0.717) is 16.1 Å². The minimum atomic E-state index is -3.77. The smallest absolute Gasteiger partial charge is 0.261 e. The molecule has 20 heavy (non-hydrogen) atoms. The number of halogens is 2. The Kier molecular flexibility index (Phi) is 4.76. The van der Waals surface area contributed by atoms with Crippen LogP contribution < -0.4 is 5.32 Å². The molecule has 1 aromatic rings. The van der Waals surface area contributed by atoms with Gasteiger partial charge in [0.15, 0.2) is 0 Å². The lowest BCUT2D eigenvalue weighted by Gasteiger charge is -2.16. The zero-order valence-corrected chi connectivity index (χ0v) is 14.1. The van der Waals surface area contributed by atoms with Crippen molar-refractivity contribution in [3.05, 3.63) is 22.7 Å². The SMILES string of the molecule is CC1CCCC1C(=O)Nc1ccc(S(=O)(=O)Cl)cc1Br. The Morgan fingerprint density at radius 1 is 1.40 bits per heavy atom. The van der Waals surface area contributed by atoms with E-state index in [1.807, 2.05) is 0 Å². The molecule has 0 heterocycles. The molecule has 1 saturated carbocycles. The van der Waals surface area contributed by atoms with Gasteiger partial charge in [-0.2, -0.15) is 0 Å². The number of hydrogen-bond acceptors (Lipinski definition) is 3. The van der Waals surface area contributed by atoms with Gasteiger partial charge < -0.3 is 5.32 Å². The average molecular weight is 381 g/mol. The van der Waals surface area contributed by atoms with Gasteiger partial charge in [-0.05, 0) is 52.9 Å². The molecule has 1 N–H and O–H groups in total. The second-order valence-electron chi connectivity index (χ2n) is 5.08. The van der Waals surface area contributed by atoms with E-state index >= 15 is 0 Å². The summed E-state index contributed by atoms with van der Waals surface area (Å²) in [5.41, 5.74) is 0.554. The number of amides is 1. The average Bonchev–Trinajstić information content (AvgIpc) is 2.76. The van der Waals surface area contributed by atoms with Crippen molar-refractivity contribution in [2.75, 3.05) is 5.32 Å². The Balaban J connectivity index is 2.16. The normalized spacial score (nSPS) is 22.8. The van der Waals surface area contributed by atoms with E-state index in [-0.39, 0.29) is 16.7 Å². The van der Waals surface area contributed by atoms with Gasteiger partial charge in [-0.15, -0.1) is 0 Å². The Morgan fingerprint density at radius 3 is 2.60 bits per heavy atom. The number of rotatable bonds is 3. The van der Waals surface area contributed by atoms with Crippen molar-refractivity contribution >= 4 is 47.3 Å². The van der Waals surface area contributed by atoms with Crippen molar-refractivity contribution in [2.24, 2.45) is 11.8 Å². The molecule has 0 bridgehead atoms. The Labute approximate surface area is 131 Å². The third-order valence-corrected chi connectivity index (χ3v) is 5.69. The van der Waals surface area contributed by atoms with Crippen molar-refractivity contribution in [1.29, 1.82) is 0 Å². The molecule has 2 rings (SSSR count). The van der Waals surface area contributed by atoms with Crippen LogP contribution in [0, 0.1) is 11.8 Å². The zero-order chi connectivity index (χ0) is 14.9. The number of carbonyl (C=O) groups excluding carboxylic acids is 1. The lowest BCUT2D eigenvalue weighted by molar-refractivity contribution is -0.120. The fraction of sp³-hybridized carbons (Fsp3) is 0.462. The first-order valence-corrected chi connectivity index (χ1v) is 9.44. The molecule has 110 valence electrons. The van der Waals surface area contributed by atoms with Gasteiger partial charge in [0.05, 0.1) is 10.6 Å². The maximum absolute atomic E-state index is 12.2. The lowest BCUT2D eigenvalue weighted by atomic mass is 9.97. The summed E-state index contributed by atoms with van der Waals surface area (Å²) in [6.45, 7) is 2.08. The molecule has 1 aliphatic rings. The number of nitrogens with one attached hydrogen (secondary N) is 1. The number of anilines is 1. The van der Waals surface area contributed by atoms with Gasteiger partial charge >= 0.3 is 0 Å². The van der Waals surface area contributed by atoms with Crippen LogP contribution in [-0.2, 0) is 13.8 Å². The molecule has 1 aromatic carbocycles. The summed E-state index contributed by atoms with van der Waals surface area (Å²) in [6, 6.07) is 4.30. The van der Waals surface area contributed by atoms with E-state index in [1.165, 1.54) is 18.2 Å². The van der Waals surface area contributed by atoms with Crippen molar-refractivity contribution in [3.8, 4) is 0 Å². The standard InChI is InChI=1S/C13H15BrClNO3S/c1-8-3-2-4-10(8)13(17)16-12-6-5-9(7-11(12)14)20(15,18)19/h5-8,10H,2-4H2,1H3,(H,16,17). The molecule has 2 unspecified atom stereocenters. The van der Waals surface area contributed by atoms with Crippen molar-refractivity contribution < 1.29 is 13.2 Å². The molecule has 0 aliphatic heterocycles. The maximum Gasteiger partial charge on any atom is 0.261 e. The van der Waals surface area contributed by atoms with Crippen LogP contribution in [0.1, 0.15) is 26.2 Å². The molecule has 1 fully saturated rings. The highest BCUT2D eigenvalue weighted by Gasteiger charge is 2.29. The van der Waals surface area contributed by atoms with Gasteiger partial charge in [-0.1, -0.05) is 13.3 Å². The lowest BCUT2D eigenvalue weighted by Crippen LogP contribution is -2.24. The summed E-state index contributed by atoms with van der Waals surface area (Å²) in [4.78, 5) is 12.2. The largest absolute Gasteiger partial charge is 0.325 e. The van der Waals surface area contributed by atoms with Gasteiger partial charge in [-0.3, -0.25) is 4.79 Å². The van der Waals surface area contributed by atoms with Crippen LogP contribution in [-0.4, -0.2) is 14.3 Å². The van der Waals surface area contributed by atoms with E-state index in [2.05, 4.69) is 28.2 Å². The van der Waals surface area contributed by atoms with Gasteiger partial charge in [0.25, 0.3) is 9.05 Å². The number of carbonyl (C=O) groups is 1. The Bertz CT molecular complexity index is 633. The van der Waals surface area contributed by atoms with Gasteiger partial charge in [0.2, 0.25) is 5.91 Å². The molecule has 7 heteroatoms. The number of benzene rings is 1. The molecule has 1 amide bonds. The second-order valence-corrected chi connectivity index (χ2v) is 8.50. The van der Waals surface area contributed by atoms with E-state index in [4.69, 9.17) is 10.7 Å². The summed E-state index contributed by atoms with van der Waals surface area (Å²) >= 11 is 3.25. The third kappa shape index (κ3) is 3.54. The van der Waals surface area contributed by atoms with E-state index in [0.717, 1.165) is 19.3 Å². The molecular formula is C13H15BrClNO3S. The quantitative estimate of drug-likeness (QED) is 0.812. The van der Waals surface area contributed by atoms with Gasteiger partial charge in [0, 0.05) is 21.1 Å². The van der Waals surface area contributed by atoms with Crippen LogP contribution in [0.15, 0.2) is 27.6 Å². The van der Waals surface area contributed by atoms with Crippen LogP contribution in [0.4, 0.5) is 5.69 Å². The molecular weight excluding hydrogens is 366 g/mol. The molecule has 0 saturated heterocycles. The minimum Gasteiger partial charge on any atom is -0.325 e. The molecule has 4 nitrogen and oxygen atoms in total. The van der Waals surface area contributed by atoms with Crippen molar-refractivity contribution in [2.45, 2.75) is 31.1 Å². The summed E-state index contributed by atoms with van der Waals surface area (Å²) in [5.74, 6) is 0.395. The highest BCUT2D eigenvalue weighted by Crippen LogP contribution is 2.33. The van der Waals surface area contributed by atoms with Crippen LogP contribution in [0.3, 0.4) is 0 Å². The highest BCUT2D eigenvalue weighted by atomic mass is 79.9. The third-order valence-electron chi connectivity index (χ3n) is 3.68. The van der Waals surface area contributed by atoms with Crippen LogP contribution >= 0.6 is 26.6 Å². The van der Waals surface area contributed by atoms with Gasteiger partial charge in [0.1, 0.15) is 0 Å². The van der Waals surface area contributed by atoms with Gasteiger partial charge in [-0.25, -0.2) is 8.42 Å². The Morgan fingerprint density at radius 2 is 2.10 bits per heavy atom. The summed E-state index contributed by atoms with van der Waals surface area (Å²) < 4.78 is 23.0. The zero-order valence-electron chi connectivity index (χ0n) is 10.9. The summed E-state index contributed by atoms with van der Waals surface area (Å²) in [5, 5.41) is 2.84. The van der Waals surface area contributed by atoms with Crippen LogP contribution in [0.25, 0.3) is 0 Å². The van der Waals surface area contributed by atoms with E-state index < -0.39 is 9.05 Å². The first kappa shape index (κ1) is 15.8. The fourth-order valence-electron chi connectivity index (χ4n) is 2.51. The first-order valence-electron chi connectivity index (χ1n) is 6.34.